The maximum atomic E-state index is 12.3. The van der Waals surface area contributed by atoms with Crippen molar-refractivity contribution in [2.24, 2.45) is 0 Å². The van der Waals surface area contributed by atoms with Crippen LogP contribution in [0.25, 0.3) is 0 Å². The van der Waals surface area contributed by atoms with Gasteiger partial charge in [0.15, 0.2) is 11.6 Å². The summed E-state index contributed by atoms with van der Waals surface area (Å²) in [6.45, 7) is 11.2. The van der Waals surface area contributed by atoms with Crippen LogP contribution in [0.15, 0.2) is 48.5 Å². The fourth-order valence-corrected chi connectivity index (χ4v) is 2.60. The van der Waals surface area contributed by atoms with Crippen molar-refractivity contribution in [3.8, 4) is 0 Å². The third-order valence-electron chi connectivity index (χ3n) is 4.15. The molecule has 2 N–H and O–H groups in total. The summed E-state index contributed by atoms with van der Waals surface area (Å²) in [5.41, 5.74) is 8.69. The number of hydrogen-bond donors (Lipinski definition) is 1. The number of hydrogen-bond acceptors (Lipinski definition) is 4. The molecule has 2 aromatic carbocycles. The zero-order chi connectivity index (χ0) is 21.5. The summed E-state index contributed by atoms with van der Waals surface area (Å²) >= 11 is 0. The minimum atomic E-state index is 0. The third kappa shape index (κ3) is 10.5. The molecular weight excluding hydrogens is 399 g/mol. The van der Waals surface area contributed by atoms with E-state index in [9.17, 15) is 9.59 Å². The minimum absolute atomic E-state index is 0. The average Bonchev–Trinajstić information content (AvgIpc) is 2.74. The van der Waals surface area contributed by atoms with E-state index in [1.165, 1.54) is 0 Å². The van der Waals surface area contributed by atoms with Crippen molar-refractivity contribution in [2.75, 3.05) is 25.9 Å². The van der Waals surface area contributed by atoms with Crippen LogP contribution in [-0.2, 0) is 18.6 Å². The fourth-order valence-electron chi connectivity index (χ4n) is 2.60. The Morgan fingerprint density at radius 3 is 1.69 bits per heavy atom. The number of nitrogens with zero attached hydrogens (tertiary/aromatic N) is 1. The molecule has 0 spiro atoms. The van der Waals surface area contributed by atoms with E-state index in [0.29, 0.717) is 37.2 Å². The first-order valence-electron chi connectivity index (χ1n) is 10.1. The van der Waals surface area contributed by atoms with Gasteiger partial charge in [-0.3, -0.25) is 9.59 Å². The number of benzene rings is 2. The Hall–Kier alpha value is -1.88. The molecule has 2 aromatic rings. The molecule has 0 aliphatic heterocycles. The Bertz CT molecular complexity index is 671. The van der Waals surface area contributed by atoms with E-state index in [0.717, 1.165) is 11.1 Å². The molecule has 0 atom stereocenters. The van der Waals surface area contributed by atoms with Crippen molar-refractivity contribution in [3.63, 3.8) is 0 Å². The molecule has 1 radical (unpaired) electrons. The number of carbonyl (C=O) groups excluding carboxylic acids is 2. The molecule has 0 fully saturated rings. The maximum absolute atomic E-state index is 12.3. The van der Waals surface area contributed by atoms with Gasteiger partial charge in [0.1, 0.15) is 0 Å². The molecule has 5 heteroatoms. The van der Waals surface area contributed by atoms with Crippen molar-refractivity contribution in [1.29, 1.82) is 0 Å². The van der Waals surface area contributed by atoms with Gasteiger partial charge >= 0.3 is 0 Å². The van der Waals surface area contributed by atoms with Crippen LogP contribution in [-0.4, -0.2) is 36.6 Å². The van der Waals surface area contributed by atoms with Crippen LogP contribution >= 0.6 is 0 Å². The quantitative estimate of drug-likeness (QED) is 0.445. The Balaban J connectivity index is 0. The largest absolute Gasteiger partial charge is 0.398 e. The molecule has 29 heavy (non-hydrogen) atoms. The van der Waals surface area contributed by atoms with Gasteiger partial charge in [0.2, 0.25) is 0 Å². The molecule has 0 saturated carbocycles. The average molecular weight is 436 g/mol. The number of anilines is 1. The summed E-state index contributed by atoms with van der Waals surface area (Å²) in [6.07, 6.45) is 0.840. The number of Topliss-reactive ketones (excluding diaryl/α,β-unsaturated/α-hetero) is 2. The zero-order valence-electron chi connectivity index (χ0n) is 18.7. The predicted octanol–water partition coefficient (Wildman–Crippen LogP) is 5.40. The second-order valence-corrected chi connectivity index (χ2v) is 6.05. The van der Waals surface area contributed by atoms with E-state index in [2.05, 4.69) is 0 Å². The van der Waals surface area contributed by atoms with Crippen LogP contribution in [0.5, 0.6) is 0 Å². The summed E-state index contributed by atoms with van der Waals surface area (Å²) in [4.78, 5) is 26.5. The topological polar surface area (TPSA) is 63.4 Å². The molecule has 0 aromatic heterocycles. The molecule has 0 bridgehead atoms. The monoisotopic (exact) mass is 435 g/mol. The van der Waals surface area contributed by atoms with Crippen molar-refractivity contribution >= 4 is 17.3 Å². The van der Waals surface area contributed by atoms with Crippen LogP contribution in [0.3, 0.4) is 0 Å². The SMILES string of the molecule is CC.CC.Cc1ccccc1C(=O)CCN(C)CCC(=O)c1ccccc1N.[V]. The van der Waals surface area contributed by atoms with Gasteiger partial charge in [0, 0.05) is 61.3 Å². The summed E-state index contributed by atoms with van der Waals surface area (Å²) in [5.74, 6) is 0.170. The molecule has 159 valence electrons. The molecule has 0 unspecified atom stereocenters. The van der Waals surface area contributed by atoms with E-state index in [4.69, 9.17) is 5.73 Å². The normalized spacial score (nSPS) is 9.34. The molecule has 0 aliphatic carbocycles. The second-order valence-electron chi connectivity index (χ2n) is 6.05. The van der Waals surface area contributed by atoms with Crippen molar-refractivity contribution in [3.05, 3.63) is 65.2 Å². The molecule has 0 heterocycles. The summed E-state index contributed by atoms with van der Waals surface area (Å²) in [7, 11) is 1.92. The van der Waals surface area contributed by atoms with Gasteiger partial charge in [-0.2, -0.15) is 0 Å². The number of carbonyl (C=O) groups is 2. The van der Waals surface area contributed by atoms with Gasteiger partial charge in [0.05, 0.1) is 0 Å². The first-order valence-corrected chi connectivity index (χ1v) is 10.1. The summed E-state index contributed by atoms with van der Waals surface area (Å²) in [6, 6.07) is 14.7. The maximum Gasteiger partial charge on any atom is 0.166 e. The molecular formula is C24H36N2O2V. The number of aryl methyl sites for hydroxylation is 1. The van der Waals surface area contributed by atoms with E-state index < -0.39 is 0 Å². The Morgan fingerprint density at radius 2 is 1.21 bits per heavy atom. The van der Waals surface area contributed by atoms with Crippen molar-refractivity contribution in [2.45, 2.75) is 47.5 Å². The van der Waals surface area contributed by atoms with Gasteiger partial charge < -0.3 is 10.6 Å². The number of para-hydroxylation sites is 1. The van der Waals surface area contributed by atoms with Crippen molar-refractivity contribution in [1.82, 2.24) is 4.90 Å². The molecule has 0 amide bonds. The summed E-state index contributed by atoms with van der Waals surface area (Å²) < 4.78 is 0. The van der Waals surface area contributed by atoms with Crippen LogP contribution in [0.1, 0.15) is 66.8 Å². The minimum Gasteiger partial charge on any atom is -0.398 e. The van der Waals surface area contributed by atoms with Crippen LogP contribution in [0, 0.1) is 6.92 Å². The Morgan fingerprint density at radius 1 is 0.793 bits per heavy atom. The van der Waals surface area contributed by atoms with Gasteiger partial charge in [-0.05, 0) is 31.7 Å². The number of rotatable bonds is 8. The second kappa shape index (κ2) is 17.0. The van der Waals surface area contributed by atoms with Gasteiger partial charge in [-0.25, -0.2) is 0 Å². The van der Waals surface area contributed by atoms with E-state index in [1.54, 1.807) is 12.1 Å². The standard InChI is InChI=1S/C20H24N2O2.2C2H6.V/c1-15-7-3-4-8-16(15)19(23)11-13-22(2)14-12-20(24)17-9-5-6-10-18(17)21;2*1-2;/h3-10H,11-14,21H2,1-2H3;2*1-2H3;. The fraction of sp³-hybridized carbons (Fsp3) is 0.417. The number of nitrogens with two attached hydrogens (primary N) is 1. The number of nitrogen functional groups attached to an aromatic ring is 1. The molecule has 0 saturated heterocycles. The van der Waals surface area contributed by atoms with Crippen molar-refractivity contribution < 1.29 is 28.1 Å². The van der Waals surface area contributed by atoms with Crippen LogP contribution < -0.4 is 5.73 Å². The first-order chi connectivity index (χ1) is 13.5. The van der Waals surface area contributed by atoms with Gasteiger partial charge in [-0.15, -0.1) is 0 Å². The number of ketones is 2. The smallest absolute Gasteiger partial charge is 0.166 e. The van der Waals surface area contributed by atoms with E-state index in [-0.39, 0.29) is 30.1 Å². The summed E-state index contributed by atoms with van der Waals surface area (Å²) in [5, 5.41) is 0. The van der Waals surface area contributed by atoms with E-state index in [1.807, 2.05) is 83.0 Å². The van der Waals surface area contributed by atoms with Gasteiger partial charge in [0.25, 0.3) is 0 Å². The predicted molar refractivity (Wildman–Crippen MR) is 120 cm³/mol. The molecule has 2 rings (SSSR count). The Kier molecular flexibility index (Phi) is 17.2. The van der Waals surface area contributed by atoms with Crippen LogP contribution in [0.2, 0.25) is 0 Å². The van der Waals surface area contributed by atoms with Crippen LogP contribution in [0.4, 0.5) is 5.69 Å². The zero-order valence-corrected chi connectivity index (χ0v) is 20.1. The first kappa shape index (κ1) is 29.3. The third-order valence-corrected chi connectivity index (χ3v) is 4.15. The molecule has 4 nitrogen and oxygen atoms in total. The van der Waals surface area contributed by atoms with Gasteiger partial charge in [-0.1, -0.05) is 64.1 Å². The molecule has 0 aliphatic rings. The van der Waals surface area contributed by atoms with E-state index >= 15 is 0 Å². The Labute approximate surface area is 188 Å².